The Balaban J connectivity index is 1.58. The summed E-state index contributed by atoms with van der Waals surface area (Å²) in [6, 6.07) is 9.77. The third-order valence-corrected chi connectivity index (χ3v) is 4.29. The molecule has 2 atom stereocenters. The maximum Gasteiger partial charge on any atom is 0.407 e. The van der Waals surface area contributed by atoms with Gasteiger partial charge in [-0.3, -0.25) is 4.79 Å². The van der Waals surface area contributed by atoms with Crippen LogP contribution >= 0.6 is 0 Å². The predicted octanol–water partition coefficient (Wildman–Crippen LogP) is 3.00. The van der Waals surface area contributed by atoms with Gasteiger partial charge < -0.3 is 15.4 Å². The van der Waals surface area contributed by atoms with Gasteiger partial charge in [0.05, 0.1) is 0 Å². The zero-order chi connectivity index (χ0) is 16.5. The summed E-state index contributed by atoms with van der Waals surface area (Å²) in [5, 5.41) is 5.68. The van der Waals surface area contributed by atoms with Crippen molar-refractivity contribution in [3.8, 4) is 0 Å². The zero-order valence-corrected chi connectivity index (χ0v) is 13.7. The Hall–Kier alpha value is -2.04. The number of hydrogen-bond acceptors (Lipinski definition) is 3. The first-order valence-corrected chi connectivity index (χ1v) is 8.39. The first-order chi connectivity index (χ1) is 11.1. The molecule has 1 aliphatic rings. The van der Waals surface area contributed by atoms with E-state index in [1.807, 2.05) is 30.3 Å². The van der Waals surface area contributed by atoms with Crippen molar-refractivity contribution in [1.82, 2.24) is 10.6 Å². The molecular weight excluding hydrogens is 292 g/mol. The molecule has 0 aromatic heterocycles. The molecule has 0 bridgehead atoms. The smallest absolute Gasteiger partial charge is 0.407 e. The molecule has 1 aromatic rings. The van der Waals surface area contributed by atoms with Crippen LogP contribution in [-0.4, -0.2) is 24.6 Å². The number of rotatable bonds is 6. The third kappa shape index (κ3) is 6.30. The van der Waals surface area contributed by atoms with Gasteiger partial charge in [0.25, 0.3) is 0 Å². The van der Waals surface area contributed by atoms with Crippen molar-refractivity contribution < 1.29 is 14.3 Å². The average molecular weight is 318 g/mol. The van der Waals surface area contributed by atoms with E-state index >= 15 is 0 Å². The molecule has 5 nitrogen and oxygen atoms in total. The number of amides is 2. The molecule has 1 fully saturated rings. The quantitative estimate of drug-likeness (QED) is 0.847. The molecule has 2 rings (SSSR count). The van der Waals surface area contributed by atoms with E-state index in [9.17, 15) is 9.59 Å². The van der Waals surface area contributed by atoms with E-state index in [1.165, 1.54) is 19.3 Å². The van der Waals surface area contributed by atoms with Gasteiger partial charge in [0.15, 0.2) is 0 Å². The standard InChI is InChI=1S/C18H26N2O3/c1-14-7-5-6-10-16(14)20-17(21)11-12-19-18(22)23-13-15-8-3-2-4-9-15/h2-4,8-9,14,16H,5-7,10-13H2,1H3,(H,19,22)(H,20,21). The van der Waals surface area contributed by atoms with Crippen LogP contribution in [0, 0.1) is 5.92 Å². The van der Waals surface area contributed by atoms with Gasteiger partial charge in [-0.25, -0.2) is 4.79 Å². The van der Waals surface area contributed by atoms with E-state index in [0.29, 0.717) is 12.5 Å². The number of ether oxygens (including phenoxy) is 1. The molecule has 0 radical (unpaired) electrons. The van der Waals surface area contributed by atoms with E-state index in [0.717, 1.165) is 12.0 Å². The lowest BCUT2D eigenvalue weighted by Gasteiger charge is -2.29. The normalized spacial score (nSPS) is 20.6. The van der Waals surface area contributed by atoms with Gasteiger partial charge in [0.2, 0.25) is 5.91 Å². The van der Waals surface area contributed by atoms with Crippen LogP contribution < -0.4 is 10.6 Å². The molecule has 2 N–H and O–H groups in total. The Morgan fingerprint density at radius 1 is 1.17 bits per heavy atom. The van der Waals surface area contributed by atoms with Crippen LogP contribution in [0.4, 0.5) is 4.79 Å². The molecule has 1 aliphatic carbocycles. The molecule has 2 amide bonds. The molecule has 0 saturated heterocycles. The molecule has 0 spiro atoms. The lowest BCUT2D eigenvalue weighted by atomic mass is 9.86. The summed E-state index contributed by atoms with van der Waals surface area (Å²) in [4.78, 5) is 23.5. The van der Waals surface area contributed by atoms with Crippen LogP contribution in [0.5, 0.6) is 0 Å². The van der Waals surface area contributed by atoms with Crippen molar-refractivity contribution in [2.24, 2.45) is 5.92 Å². The lowest BCUT2D eigenvalue weighted by Crippen LogP contribution is -2.42. The lowest BCUT2D eigenvalue weighted by molar-refractivity contribution is -0.122. The van der Waals surface area contributed by atoms with Crippen molar-refractivity contribution in [1.29, 1.82) is 0 Å². The van der Waals surface area contributed by atoms with E-state index in [-0.39, 0.29) is 25.0 Å². The van der Waals surface area contributed by atoms with Crippen LogP contribution in [-0.2, 0) is 16.1 Å². The topological polar surface area (TPSA) is 67.4 Å². The minimum atomic E-state index is -0.493. The van der Waals surface area contributed by atoms with E-state index in [4.69, 9.17) is 4.74 Å². The summed E-state index contributed by atoms with van der Waals surface area (Å²) in [5.41, 5.74) is 0.937. The molecule has 1 aromatic carbocycles. The minimum Gasteiger partial charge on any atom is -0.445 e. The van der Waals surface area contributed by atoms with Crippen LogP contribution in [0.1, 0.15) is 44.6 Å². The zero-order valence-electron chi connectivity index (χ0n) is 13.7. The molecule has 0 heterocycles. The van der Waals surface area contributed by atoms with Gasteiger partial charge >= 0.3 is 6.09 Å². The van der Waals surface area contributed by atoms with Crippen LogP contribution in [0.3, 0.4) is 0 Å². The van der Waals surface area contributed by atoms with Crippen molar-refractivity contribution in [2.75, 3.05) is 6.54 Å². The Morgan fingerprint density at radius 3 is 2.65 bits per heavy atom. The van der Waals surface area contributed by atoms with E-state index < -0.39 is 6.09 Å². The second-order valence-electron chi connectivity index (χ2n) is 6.17. The average Bonchev–Trinajstić information content (AvgIpc) is 2.56. The largest absolute Gasteiger partial charge is 0.445 e. The van der Waals surface area contributed by atoms with Crippen molar-refractivity contribution in [3.63, 3.8) is 0 Å². The van der Waals surface area contributed by atoms with Gasteiger partial charge in [-0.1, -0.05) is 50.1 Å². The first-order valence-electron chi connectivity index (χ1n) is 8.39. The highest BCUT2D eigenvalue weighted by Crippen LogP contribution is 2.23. The van der Waals surface area contributed by atoms with Gasteiger partial charge in [-0.15, -0.1) is 0 Å². The number of benzene rings is 1. The number of alkyl carbamates (subject to hydrolysis) is 1. The highest BCUT2D eigenvalue weighted by atomic mass is 16.5. The summed E-state index contributed by atoms with van der Waals surface area (Å²) in [6.07, 6.45) is 4.45. The monoisotopic (exact) mass is 318 g/mol. The van der Waals surface area contributed by atoms with Gasteiger partial charge in [0, 0.05) is 19.0 Å². The Bertz CT molecular complexity index is 504. The molecule has 5 heteroatoms. The number of nitrogens with one attached hydrogen (secondary N) is 2. The van der Waals surface area contributed by atoms with E-state index in [1.54, 1.807) is 0 Å². The van der Waals surface area contributed by atoms with Crippen LogP contribution in [0.2, 0.25) is 0 Å². The summed E-state index contributed by atoms with van der Waals surface area (Å²) >= 11 is 0. The first kappa shape index (κ1) is 17.3. The highest BCUT2D eigenvalue weighted by Gasteiger charge is 2.22. The van der Waals surface area contributed by atoms with Crippen molar-refractivity contribution >= 4 is 12.0 Å². The minimum absolute atomic E-state index is 0.00731. The maximum absolute atomic E-state index is 11.9. The SMILES string of the molecule is CC1CCCCC1NC(=O)CCNC(=O)OCc1ccccc1. The molecular formula is C18H26N2O3. The summed E-state index contributed by atoms with van der Waals surface area (Å²) in [7, 11) is 0. The van der Waals surface area contributed by atoms with Crippen molar-refractivity contribution in [2.45, 2.75) is 51.7 Å². The molecule has 126 valence electrons. The third-order valence-electron chi connectivity index (χ3n) is 4.29. The van der Waals surface area contributed by atoms with Gasteiger partial charge in [0.1, 0.15) is 6.61 Å². The van der Waals surface area contributed by atoms with E-state index in [2.05, 4.69) is 17.6 Å². The highest BCUT2D eigenvalue weighted by molar-refractivity contribution is 5.77. The molecule has 2 unspecified atom stereocenters. The van der Waals surface area contributed by atoms with Crippen LogP contribution in [0.15, 0.2) is 30.3 Å². The number of carbonyl (C=O) groups excluding carboxylic acids is 2. The fourth-order valence-electron chi connectivity index (χ4n) is 2.86. The summed E-state index contributed by atoms with van der Waals surface area (Å²) < 4.78 is 5.10. The fraction of sp³-hybridized carbons (Fsp3) is 0.556. The fourth-order valence-corrected chi connectivity index (χ4v) is 2.86. The number of carbonyl (C=O) groups is 2. The Labute approximate surface area is 137 Å². The van der Waals surface area contributed by atoms with Crippen molar-refractivity contribution in [3.05, 3.63) is 35.9 Å². The number of hydrogen-bond donors (Lipinski definition) is 2. The Kier molecular flexibility index (Phi) is 6.91. The van der Waals surface area contributed by atoms with Gasteiger partial charge in [-0.2, -0.15) is 0 Å². The summed E-state index contributed by atoms with van der Waals surface area (Å²) in [5.74, 6) is 0.531. The van der Waals surface area contributed by atoms with Gasteiger partial charge in [-0.05, 0) is 24.3 Å². The molecule has 23 heavy (non-hydrogen) atoms. The second kappa shape index (κ2) is 9.18. The Morgan fingerprint density at radius 2 is 1.91 bits per heavy atom. The molecule has 1 saturated carbocycles. The summed E-state index contributed by atoms with van der Waals surface area (Å²) in [6.45, 7) is 2.71. The second-order valence-corrected chi connectivity index (χ2v) is 6.17. The predicted molar refractivity (Wildman–Crippen MR) is 88.8 cm³/mol. The maximum atomic E-state index is 11.9. The van der Waals surface area contributed by atoms with Crippen LogP contribution in [0.25, 0.3) is 0 Å². The molecule has 0 aliphatic heterocycles.